The highest BCUT2D eigenvalue weighted by Crippen LogP contribution is 2.20. The number of carboxylic acid groups (broad SMARTS) is 1. The van der Waals surface area contributed by atoms with Crippen LogP contribution in [0.4, 0.5) is 4.79 Å². The molecular formula is C11H24N2O3. The van der Waals surface area contributed by atoms with Crippen molar-refractivity contribution in [1.29, 1.82) is 0 Å². The minimum absolute atomic E-state index is 0.0950. The summed E-state index contributed by atoms with van der Waals surface area (Å²) in [5.41, 5.74) is -0.138. The van der Waals surface area contributed by atoms with Gasteiger partial charge < -0.3 is 15.5 Å². The van der Waals surface area contributed by atoms with E-state index in [0.29, 0.717) is 13.1 Å². The average molecular weight is 232 g/mol. The third-order valence-electron chi connectivity index (χ3n) is 2.65. The van der Waals surface area contributed by atoms with Crippen LogP contribution in [0.25, 0.3) is 0 Å². The molecule has 0 spiro atoms. The van der Waals surface area contributed by atoms with Gasteiger partial charge in [-0.25, -0.2) is 4.79 Å². The molecule has 0 heterocycles. The van der Waals surface area contributed by atoms with E-state index < -0.39 is 6.09 Å². The molecule has 0 saturated heterocycles. The molecule has 1 atom stereocenters. The van der Waals surface area contributed by atoms with Gasteiger partial charge in [-0.3, -0.25) is 4.90 Å². The number of rotatable bonds is 6. The van der Waals surface area contributed by atoms with Gasteiger partial charge in [0.25, 0.3) is 0 Å². The monoisotopic (exact) mass is 232 g/mol. The molecule has 0 radical (unpaired) electrons. The summed E-state index contributed by atoms with van der Waals surface area (Å²) < 4.78 is 0. The van der Waals surface area contributed by atoms with Gasteiger partial charge in [-0.15, -0.1) is 0 Å². The van der Waals surface area contributed by atoms with Gasteiger partial charge in [-0.1, -0.05) is 27.7 Å². The second-order valence-electron chi connectivity index (χ2n) is 4.98. The van der Waals surface area contributed by atoms with Crippen LogP contribution in [0.15, 0.2) is 0 Å². The lowest BCUT2D eigenvalue weighted by atomic mass is 9.86. The molecule has 0 aliphatic rings. The molecule has 0 aromatic heterocycles. The van der Waals surface area contributed by atoms with Crippen molar-refractivity contribution in [3.05, 3.63) is 0 Å². The zero-order chi connectivity index (χ0) is 12.8. The molecule has 0 aliphatic carbocycles. The standard InChI is InChI=1S/C11H24N2O3/c1-5-13(6-7-14)8-9(11(2,3)4)12-10(15)16/h9,12,14H,5-8H2,1-4H3,(H,15,16). The SMILES string of the molecule is CCN(CCO)CC(NC(=O)O)C(C)(C)C. The summed E-state index contributed by atoms with van der Waals surface area (Å²) in [4.78, 5) is 12.7. The number of likely N-dealkylation sites (N-methyl/N-ethyl adjacent to an activating group) is 1. The molecule has 0 rings (SSSR count). The van der Waals surface area contributed by atoms with Crippen LogP contribution in [0.1, 0.15) is 27.7 Å². The van der Waals surface area contributed by atoms with E-state index >= 15 is 0 Å². The molecule has 5 heteroatoms. The summed E-state index contributed by atoms with van der Waals surface area (Å²) in [6.07, 6.45) is -1.00. The number of aliphatic hydroxyl groups is 1. The zero-order valence-corrected chi connectivity index (χ0v) is 10.7. The summed E-state index contributed by atoms with van der Waals surface area (Å²) in [5, 5.41) is 20.2. The second kappa shape index (κ2) is 6.70. The Hall–Kier alpha value is -0.810. The Labute approximate surface area is 97.4 Å². The number of hydrogen-bond donors (Lipinski definition) is 3. The van der Waals surface area contributed by atoms with Crippen LogP contribution in [0.5, 0.6) is 0 Å². The minimum Gasteiger partial charge on any atom is -0.465 e. The highest BCUT2D eigenvalue weighted by Gasteiger charge is 2.27. The Morgan fingerprint density at radius 1 is 1.44 bits per heavy atom. The smallest absolute Gasteiger partial charge is 0.404 e. The number of nitrogens with zero attached hydrogens (tertiary/aromatic N) is 1. The first-order chi connectivity index (χ1) is 7.31. The normalized spacial score (nSPS) is 13.9. The Kier molecular flexibility index (Phi) is 6.36. The Bertz CT molecular complexity index is 214. The van der Waals surface area contributed by atoms with E-state index in [1.165, 1.54) is 0 Å². The van der Waals surface area contributed by atoms with Crippen molar-refractivity contribution >= 4 is 6.09 Å². The maximum Gasteiger partial charge on any atom is 0.404 e. The fraction of sp³-hybridized carbons (Fsp3) is 0.909. The van der Waals surface area contributed by atoms with E-state index in [1.54, 1.807) is 0 Å². The molecule has 16 heavy (non-hydrogen) atoms. The van der Waals surface area contributed by atoms with Crippen molar-refractivity contribution in [3.8, 4) is 0 Å². The van der Waals surface area contributed by atoms with E-state index in [-0.39, 0.29) is 18.1 Å². The van der Waals surface area contributed by atoms with E-state index in [0.717, 1.165) is 6.54 Å². The molecule has 0 fully saturated rings. The zero-order valence-electron chi connectivity index (χ0n) is 10.7. The topological polar surface area (TPSA) is 72.8 Å². The van der Waals surface area contributed by atoms with Crippen LogP contribution in [0.3, 0.4) is 0 Å². The number of nitrogens with one attached hydrogen (secondary N) is 1. The van der Waals surface area contributed by atoms with E-state index in [2.05, 4.69) is 5.32 Å². The lowest BCUT2D eigenvalue weighted by molar-refractivity contribution is 0.138. The molecule has 1 amide bonds. The fourth-order valence-corrected chi connectivity index (χ4v) is 1.46. The van der Waals surface area contributed by atoms with Crippen LogP contribution in [0, 0.1) is 5.41 Å². The van der Waals surface area contributed by atoms with Crippen LogP contribution in [0.2, 0.25) is 0 Å². The quantitative estimate of drug-likeness (QED) is 0.638. The molecule has 0 aromatic carbocycles. The van der Waals surface area contributed by atoms with Crippen LogP contribution in [-0.4, -0.2) is 53.5 Å². The van der Waals surface area contributed by atoms with Crippen LogP contribution in [-0.2, 0) is 0 Å². The predicted octanol–water partition coefficient (Wildman–Crippen LogP) is 0.983. The lowest BCUT2D eigenvalue weighted by Crippen LogP contribution is -2.50. The first-order valence-corrected chi connectivity index (χ1v) is 5.64. The van der Waals surface area contributed by atoms with E-state index in [9.17, 15) is 4.79 Å². The summed E-state index contributed by atoms with van der Waals surface area (Å²) in [6.45, 7) is 10.1. The largest absolute Gasteiger partial charge is 0.465 e. The molecule has 5 nitrogen and oxygen atoms in total. The third-order valence-corrected chi connectivity index (χ3v) is 2.65. The Morgan fingerprint density at radius 2 is 2.00 bits per heavy atom. The van der Waals surface area contributed by atoms with Crippen molar-refractivity contribution in [1.82, 2.24) is 10.2 Å². The summed E-state index contributed by atoms with van der Waals surface area (Å²) in [6, 6.07) is -0.142. The Balaban J connectivity index is 4.46. The van der Waals surface area contributed by atoms with Gasteiger partial charge >= 0.3 is 6.09 Å². The number of aliphatic hydroxyl groups excluding tert-OH is 1. The van der Waals surface area contributed by atoms with Crippen molar-refractivity contribution in [2.45, 2.75) is 33.7 Å². The molecule has 0 aliphatic heterocycles. The molecule has 1 unspecified atom stereocenters. The molecule has 3 N–H and O–H groups in total. The molecule has 0 saturated carbocycles. The third kappa shape index (κ3) is 5.92. The lowest BCUT2D eigenvalue weighted by Gasteiger charge is -2.34. The van der Waals surface area contributed by atoms with Crippen LogP contribution < -0.4 is 5.32 Å². The summed E-state index contributed by atoms with van der Waals surface area (Å²) in [5.74, 6) is 0. The number of carbonyl (C=O) groups is 1. The van der Waals surface area contributed by atoms with Crippen molar-refractivity contribution in [2.75, 3.05) is 26.2 Å². The predicted molar refractivity (Wildman–Crippen MR) is 63.6 cm³/mol. The summed E-state index contributed by atoms with van der Waals surface area (Å²) in [7, 11) is 0. The Morgan fingerprint density at radius 3 is 2.31 bits per heavy atom. The maximum atomic E-state index is 10.7. The fourth-order valence-electron chi connectivity index (χ4n) is 1.46. The molecule has 0 bridgehead atoms. The average Bonchev–Trinajstić information content (AvgIpc) is 2.13. The van der Waals surface area contributed by atoms with Crippen LogP contribution >= 0.6 is 0 Å². The maximum absolute atomic E-state index is 10.7. The highest BCUT2D eigenvalue weighted by atomic mass is 16.4. The summed E-state index contributed by atoms with van der Waals surface area (Å²) >= 11 is 0. The number of hydrogen-bond acceptors (Lipinski definition) is 3. The van der Waals surface area contributed by atoms with Gasteiger partial charge in [0.2, 0.25) is 0 Å². The van der Waals surface area contributed by atoms with Gasteiger partial charge in [0.15, 0.2) is 0 Å². The molecule has 0 aromatic rings. The van der Waals surface area contributed by atoms with Gasteiger partial charge in [-0.05, 0) is 12.0 Å². The van der Waals surface area contributed by atoms with Gasteiger partial charge in [-0.2, -0.15) is 0 Å². The first kappa shape index (κ1) is 15.2. The van der Waals surface area contributed by atoms with Crippen molar-refractivity contribution in [3.63, 3.8) is 0 Å². The first-order valence-electron chi connectivity index (χ1n) is 5.64. The number of amides is 1. The van der Waals surface area contributed by atoms with Gasteiger partial charge in [0.1, 0.15) is 0 Å². The van der Waals surface area contributed by atoms with E-state index in [1.807, 2.05) is 32.6 Å². The van der Waals surface area contributed by atoms with Gasteiger partial charge in [0, 0.05) is 19.1 Å². The second-order valence-corrected chi connectivity index (χ2v) is 4.98. The molecule has 96 valence electrons. The minimum atomic E-state index is -1.00. The highest BCUT2D eigenvalue weighted by molar-refractivity contribution is 5.65. The molecular weight excluding hydrogens is 208 g/mol. The van der Waals surface area contributed by atoms with Gasteiger partial charge in [0.05, 0.1) is 6.61 Å². The van der Waals surface area contributed by atoms with Crippen molar-refractivity contribution in [2.24, 2.45) is 5.41 Å². The van der Waals surface area contributed by atoms with Crippen molar-refractivity contribution < 1.29 is 15.0 Å². The van der Waals surface area contributed by atoms with E-state index in [4.69, 9.17) is 10.2 Å².